The van der Waals surface area contributed by atoms with Crippen LogP contribution >= 0.6 is 0 Å². The van der Waals surface area contributed by atoms with E-state index in [9.17, 15) is 9.59 Å². The normalized spacial score (nSPS) is 26.3. The summed E-state index contributed by atoms with van der Waals surface area (Å²) in [7, 11) is 0. The van der Waals surface area contributed by atoms with Gasteiger partial charge >= 0.3 is 11.9 Å². The fourth-order valence-corrected chi connectivity index (χ4v) is 4.09. The lowest BCUT2D eigenvalue weighted by molar-refractivity contribution is -0.162. The van der Waals surface area contributed by atoms with Crippen LogP contribution < -0.4 is 5.73 Å². The second-order valence-corrected chi connectivity index (χ2v) is 11.1. The number of carbonyl (C=O) groups is 2. The molecule has 174 valence electrons. The van der Waals surface area contributed by atoms with Crippen LogP contribution in [0.4, 0.5) is 0 Å². The largest absolute Gasteiger partial charge is 0.462 e. The zero-order chi connectivity index (χ0) is 22.7. The average Bonchev–Trinajstić information content (AvgIpc) is 2.61. The minimum absolute atomic E-state index is 0.0204. The maximum absolute atomic E-state index is 12.4. The Morgan fingerprint density at radius 1 is 1.03 bits per heavy atom. The van der Waals surface area contributed by atoms with E-state index >= 15 is 0 Å². The van der Waals surface area contributed by atoms with Gasteiger partial charge in [-0.15, -0.1) is 0 Å². The zero-order valence-electron chi connectivity index (χ0n) is 20.1. The van der Waals surface area contributed by atoms with Crippen LogP contribution in [0.2, 0.25) is 0 Å². The van der Waals surface area contributed by atoms with Crippen molar-refractivity contribution >= 4 is 11.9 Å². The van der Waals surface area contributed by atoms with Crippen LogP contribution in [0.15, 0.2) is 0 Å². The van der Waals surface area contributed by atoms with Crippen molar-refractivity contribution in [1.82, 2.24) is 9.80 Å². The number of ether oxygens (including phenoxy) is 2. The molecule has 2 N–H and O–H groups in total. The standard InChI is InChI=1S/C23H43N3O4/c1-16(25-12-9-18(10-13-25)29-21(28)22(2,3)4)15-26-11-8-17(14-19(26)24)20(27)30-23(5,6)7/h16-19H,8-15,24H2,1-7H3/t16-,17?,19?/m0/s1. The molecule has 7 heteroatoms. The Bertz CT molecular complexity index is 588. The van der Waals surface area contributed by atoms with Gasteiger partial charge in [-0.1, -0.05) is 0 Å². The first-order chi connectivity index (χ1) is 13.8. The Kier molecular flexibility index (Phi) is 8.33. The fraction of sp³-hybridized carbons (Fsp3) is 0.913. The van der Waals surface area contributed by atoms with Crippen LogP contribution in [0, 0.1) is 11.3 Å². The Morgan fingerprint density at radius 2 is 1.63 bits per heavy atom. The van der Waals surface area contributed by atoms with Crippen LogP contribution in [0.3, 0.4) is 0 Å². The molecular formula is C23H43N3O4. The number of piperidine rings is 2. The zero-order valence-corrected chi connectivity index (χ0v) is 20.1. The van der Waals surface area contributed by atoms with Crippen LogP contribution in [0.1, 0.15) is 74.1 Å². The second-order valence-electron chi connectivity index (χ2n) is 11.1. The number of hydrogen-bond acceptors (Lipinski definition) is 7. The lowest BCUT2D eigenvalue weighted by atomic mass is 9.94. The molecule has 0 amide bonds. The van der Waals surface area contributed by atoms with E-state index in [4.69, 9.17) is 15.2 Å². The quantitative estimate of drug-likeness (QED) is 0.678. The van der Waals surface area contributed by atoms with Gasteiger partial charge in [0.1, 0.15) is 11.7 Å². The molecule has 0 spiro atoms. The third-order valence-corrected chi connectivity index (χ3v) is 5.98. The van der Waals surface area contributed by atoms with Crippen LogP contribution in [0.5, 0.6) is 0 Å². The SMILES string of the molecule is C[C@@H](CN1CCC(C(=O)OC(C)(C)C)CC1N)N1CCC(OC(=O)C(C)(C)C)CC1. The minimum Gasteiger partial charge on any atom is -0.462 e. The van der Waals surface area contributed by atoms with Crippen molar-refractivity contribution in [3.05, 3.63) is 0 Å². The molecule has 3 atom stereocenters. The highest BCUT2D eigenvalue weighted by molar-refractivity contribution is 5.75. The Labute approximate surface area is 182 Å². The summed E-state index contributed by atoms with van der Waals surface area (Å²) in [6, 6.07) is 0.369. The molecule has 0 saturated carbocycles. The Balaban J connectivity index is 1.76. The van der Waals surface area contributed by atoms with Crippen LogP contribution in [0.25, 0.3) is 0 Å². The highest BCUT2D eigenvalue weighted by Gasteiger charge is 2.35. The summed E-state index contributed by atoms with van der Waals surface area (Å²) in [6.45, 7) is 17.1. The molecule has 0 aromatic carbocycles. The van der Waals surface area contributed by atoms with Gasteiger partial charge < -0.3 is 15.2 Å². The van der Waals surface area contributed by atoms with Gasteiger partial charge in [0.25, 0.3) is 0 Å². The molecule has 0 bridgehead atoms. The van der Waals surface area contributed by atoms with Gasteiger partial charge in [0.15, 0.2) is 0 Å². The molecule has 2 rings (SSSR count). The van der Waals surface area contributed by atoms with Gasteiger partial charge in [-0.2, -0.15) is 0 Å². The highest BCUT2D eigenvalue weighted by atomic mass is 16.6. The van der Waals surface area contributed by atoms with Crippen molar-refractivity contribution < 1.29 is 19.1 Å². The van der Waals surface area contributed by atoms with Crippen molar-refractivity contribution in [2.75, 3.05) is 26.2 Å². The summed E-state index contributed by atoms with van der Waals surface area (Å²) < 4.78 is 11.2. The highest BCUT2D eigenvalue weighted by Crippen LogP contribution is 2.26. The van der Waals surface area contributed by atoms with E-state index in [1.807, 2.05) is 41.5 Å². The molecule has 2 saturated heterocycles. The number of carbonyl (C=O) groups excluding carboxylic acids is 2. The number of nitrogens with zero attached hydrogens (tertiary/aromatic N) is 2. The van der Waals surface area contributed by atoms with E-state index < -0.39 is 11.0 Å². The number of rotatable bonds is 5. The predicted molar refractivity (Wildman–Crippen MR) is 118 cm³/mol. The molecule has 2 heterocycles. The van der Waals surface area contributed by atoms with E-state index in [2.05, 4.69) is 16.7 Å². The summed E-state index contributed by atoms with van der Waals surface area (Å²) in [5, 5.41) is 0. The van der Waals surface area contributed by atoms with E-state index in [0.29, 0.717) is 12.5 Å². The number of hydrogen-bond donors (Lipinski definition) is 1. The third kappa shape index (κ3) is 7.50. The van der Waals surface area contributed by atoms with Crippen molar-refractivity contribution in [3.8, 4) is 0 Å². The monoisotopic (exact) mass is 425 g/mol. The summed E-state index contributed by atoms with van der Waals surface area (Å²) in [5.41, 5.74) is 5.50. The molecule has 0 aliphatic carbocycles. The smallest absolute Gasteiger partial charge is 0.311 e. The Morgan fingerprint density at radius 3 is 2.13 bits per heavy atom. The molecule has 2 aliphatic rings. The molecule has 0 aromatic rings. The lowest BCUT2D eigenvalue weighted by Crippen LogP contribution is -2.55. The molecule has 30 heavy (non-hydrogen) atoms. The number of esters is 2. The second kappa shape index (κ2) is 9.96. The summed E-state index contributed by atoms with van der Waals surface area (Å²) in [5.74, 6) is -0.357. The number of likely N-dealkylation sites (tertiary alicyclic amines) is 2. The predicted octanol–water partition coefficient (Wildman–Crippen LogP) is 2.77. The van der Waals surface area contributed by atoms with Crippen molar-refractivity contribution in [2.24, 2.45) is 17.1 Å². The number of nitrogens with two attached hydrogens (primary N) is 1. The fourth-order valence-electron chi connectivity index (χ4n) is 4.09. The van der Waals surface area contributed by atoms with Crippen molar-refractivity contribution in [2.45, 2.75) is 98.1 Å². The van der Waals surface area contributed by atoms with E-state index in [1.54, 1.807) is 0 Å². The average molecular weight is 426 g/mol. The van der Waals surface area contributed by atoms with E-state index in [-0.39, 0.29) is 30.1 Å². The first-order valence-electron chi connectivity index (χ1n) is 11.4. The first-order valence-corrected chi connectivity index (χ1v) is 11.4. The topological polar surface area (TPSA) is 85.1 Å². The molecule has 2 fully saturated rings. The maximum Gasteiger partial charge on any atom is 0.311 e. The van der Waals surface area contributed by atoms with Gasteiger partial charge in [-0.3, -0.25) is 19.4 Å². The van der Waals surface area contributed by atoms with Crippen molar-refractivity contribution in [1.29, 1.82) is 0 Å². The molecule has 2 unspecified atom stereocenters. The van der Waals surface area contributed by atoms with Gasteiger partial charge in [-0.05, 0) is 74.1 Å². The van der Waals surface area contributed by atoms with Crippen molar-refractivity contribution in [3.63, 3.8) is 0 Å². The van der Waals surface area contributed by atoms with Gasteiger partial charge in [-0.25, -0.2) is 0 Å². The maximum atomic E-state index is 12.4. The van der Waals surface area contributed by atoms with Gasteiger partial charge in [0, 0.05) is 32.2 Å². The summed E-state index contributed by atoms with van der Waals surface area (Å²) in [4.78, 5) is 29.2. The Hall–Kier alpha value is -1.18. The lowest BCUT2D eigenvalue weighted by Gasteiger charge is -2.42. The minimum atomic E-state index is -0.458. The van der Waals surface area contributed by atoms with Crippen LogP contribution in [-0.2, 0) is 19.1 Å². The molecule has 2 aliphatic heterocycles. The van der Waals surface area contributed by atoms with Gasteiger partial charge in [0.2, 0.25) is 0 Å². The van der Waals surface area contributed by atoms with Gasteiger partial charge in [0.05, 0.1) is 17.5 Å². The summed E-state index contributed by atoms with van der Waals surface area (Å²) >= 11 is 0. The first kappa shape index (κ1) is 25.1. The van der Waals surface area contributed by atoms with E-state index in [0.717, 1.165) is 45.4 Å². The summed E-state index contributed by atoms with van der Waals surface area (Å²) in [6.07, 6.45) is 3.08. The molecule has 7 nitrogen and oxygen atoms in total. The molecular weight excluding hydrogens is 382 g/mol. The van der Waals surface area contributed by atoms with E-state index in [1.165, 1.54) is 0 Å². The third-order valence-electron chi connectivity index (χ3n) is 5.98. The van der Waals surface area contributed by atoms with Crippen LogP contribution in [-0.4, -0.2) is 71.8 Å². The molecule has 0 aromatic heterocycles. The molecule has 0 radical (unpaired) electrons.